The zero-order valence-corrected chi connectivity index (χ0v) is 10.1. The van der Waals surface area contributed by atoms with Gasteiger partial charge in [0.1, 0.15) is 11.6 Å². The predicted octanol–water partition coefficient (Wildman–Crippen LogP) is 0.943. The zero-order valence-electron chi connectivity index (χ0n) is 10.1. The predicted molar refractivity (Wildman–Crippen MR) is 65.0 cm³/mol. The van der Waals surface area contributed by atoms with Crippen LogP contribution in [0.15, 0.2) is 30.6 Å². The van der Waals surface area contributed by atoms with E-state index in [2.05, 4.69) is 15.6 Å². The quantitative estimate of drug-likeness (QED) is 0.788. The average molecular weight is 264 g/mol. The van der Waals surface area contributed by atoms with Crippen molar-refractivity contribution in [3.05, 3.63) is 42.0 Å². The fourth-order valence-corrected chi connectivity index (χ4v) is 1.58. The molecule has 19 heavy (non-hydrogen) atoms. The monoisotopic (exact) mass is 264 g/mol. The minimum Gasteiger partial charge on any atom is -0.507 e. The van der Waals surface area contributed by atoms with Gasteiger partial charge in [0.25, 0.3) is 5.91 Å². The number of rotatable bonds is 5. The molecule has 0 saturated heterocycles. The van der Waals surface area contributed by atoms with Gasteiger partial charge >= 0.3 is 0 Å². The van der Waals surface area contributed by atoms with Gasteiger partial charge in [-0.05, 0) is 24.6 Å². The Bertz CT molecular complexity index is 557. The van der Waals surface area contributed by atoms with Crippen LogP contribution in [-0.4, -0.2) is 32.6 Å². The molecule has 0 saturated carbocycles. The lowest BCUT2D eigenvalue weighted by Crippen LogP contribution is -2.25. The van der Waals surface area contributed by atoms with Gasteiger partial charge < -0.3 is 10.4 Å². The first-order valence-electron chi connectivity index (χ1n) is 5.77. The number of hydrogen-bond acceptors (Lipinski definition) is 4. The summed E-state index contributed by atoms with van der Waals surface area (Å²) in [6, 6.07) is 3.25. The maximum atomic E-state index is 13.0. The standard InChI is InChI=1S/C12H13FN4O2/c13-9-2-3-11(18)10(8-9)12(19)14-4-1-6-17-7-5-15-16-17/h2-3,5,7-8,18H,1,4,6H2,(H,14,19). The number of phenolic OH excluding ortho intramolecular Hbond substituents is 1. The average Bonchev–Trinajstić information content (AvgIpc) is 2.90. The molecular weight excluding hydrogens is 251 g/mol. The van der Waals surface area contributed by atoms with Crippen molar-refractivity contribution in [1.82, 2.24) is 20.3 Å². The lowest BCUT2D eigenvalue weighted by molar-refractivity contribution is 0.0949. The molecule has 0 atom stereocenters. The van der Waals surface area contributed by atoms with Gasteiger partial charge in [0.2, 0.25) is 0 Å². The SMILES string of the molecule is O=C(NCCCn1ccnn1)c1cc(F)ccc1O. The molecule has 1 aromatic carbocycles. The zero-order chi connectivity index (χ0) is 13.7. The Morgan fingerprint density at radius 3 is 3.05 bits per heavy atom. The number of nitrogens with zero attached hydrogens (tertiary/aromatic N) is 3. The third kappa shape index (κ3) is 3.51. The third-order valence-corrected chi connectivity index (χ3v) is 2.52. The summed E-state index contributed by atoms with van der Waals surface area (Å²) in [6.45, 7) is 1.02. The highest BCUT2D eigenvalue weighted by molar-refractivity contribution is 5.96. The summed E-state index contributed by atoms with van der Waals surface area (Å²) in [5.41, 5.74) is -0.0687. The van der Waals surface area contributed by atoms with E-state index in [0.717, 1.165) is 18.2 Å². The Labute approximate surface area is 108 Å². The second-order valence-electron chi connectivity index (χ2n) is 3.94. The molecule has 100 valence electrons. The number of phenols is 1. The molecule has 6 nitrogen and oxygen atoms in total. The number of benzene rings is 1. The van der Waals surface area contributed by atoms with E-state index >= 15 is 0 Å². The largest absolute Gasteiger partial charge is 0.507 e. The van der Waals surface area contributed by atoms with Crippen LogP contribution in [0.5, 0.6) is 5.75 Å². The van der Waals surface area contributed by atoms with Crippen molar-refractivity contribution >= 4 is 5.91 Å². The van der Waals surface area contributed by atoms with Crippen molar-refractivity contribution < 1.29 is 14.3 Å². The van der Waals surface area contributed by atoms with Gasteiger partial charge in [-0.3, -0.25) is 9.48 Å². The van der Waals surface area contributed by atoms with Crippen LogP contribution in [0.1, 0.15) is 16.8 Å². The lowest BCUT2D eigenvalue weighted by Gasteiger charge is -2.06. The Balaban J connectivity index is 1.82. The summed E-state index contributed by atoms with van der Waals surface area (Å²) in [6.07, 6.45) is 3.95. The number of amides is 1. The molecule has 0 aliphatic carbocycles. The number of aromatic hydroxyl groups is 1. The molecule has 7 heteroatoms. The van der Waals surface area contributed by atoms with Crippen molar-refractivity contribution in [2.45, 2.75) is 13.0 Å². The minimum atomic E-state index is -0.564. The van der Waals surface area contributed by atoms with E-state index in [9.17, 15) is 14.3 Å². The molecule has 0 bridgehead atoms. The van der Waals surface area contributed by atoms with Crippen molar-refractivity contribution in [1.29, 1.82) is 0 Å². The van der Waals surface area contributed by atoms with Gasteiger partial charge in [-0.15, -0.1) is 5.10 Å². The van der Waals surface area contributed by atoms with Crippen molar-refractivity contribution in [3.8, 4) is 5.75 Å². The Hall–Kier alpha value is -2.44. The summed E-state index contributed by atoms with van der Waals surface area (Å²) < 4.78 is 14.6. The molecule has 2 N–H and O–H groups in total. The van der Waals surface area contributed by atoms with Gasteiger partial charge in [0.05, 0.1) is 11.8 Å². The van der Waals surface area contributed by atoms with E-state index in [1.807, 2.05) is 0 Å². The Kier molecular flexibility index (Phi) is 4.07. The van der Waals surface area contributed by atoms with Gasteiger partial charge in [0.15, 0.2) is 0 Å². The molecule has 0 aliphatic heterocycles. The van der Waals surface area contributed by atoms with Crippen molar-refractivity contribution in [2.75, 3.05) is 6.54 Å². The van der Waals surface area contributed by atoms with E-state index < -0.39 is 11.7 Å². The van der Waals surface area contributed by atoms with Gasteiger partial charge in [-0.1, -0.05) is 5.21 Å². The van der Waals surface area contributed by atoms with E-state index in [1.54, 1.807) is 17.1 Å². The number of aromatic nitrogens is 3. The summed E-state index contributed by atoms with van der Waals surface area (Å²) in [5.74, 6) is -1.31. The smallest absolute Gasteiger partial charge is 0.255 e. The maximum Gasteiger partial charge on any atom is 0.255 e. The first-order chi connectivity index (χ1) is 9.16. The van der Waals surface area contributed by atoms with Gasteiger partial charge in [0, 0.05) is 19.3 Å². The van der Waals surface area contributed by atoms with Crippen LogP contribution in [0.4, 0.5) is 4.39 Å². The molecule has 2 rings (SSSR count). The van der Waals surface area contributed by atoms with Crippen LogP contribution in [0.25, 0.3) is 0 Å². The summed E-state index contributed by atoms with van der Waals surface area (Å²) in [7, 11) is 0. The first-order valence-corrected chi connectivity index (χ1v) is 5.77. The molecule has 0 fully saturated rings. The maximum absolute atomic E-state index is 13.0. The Morgan fingerprint density at radius 2 is 2.32 bits per heavy atom. The van der Waals surface area contributed by atoms with E-state index in [1.165, 1.54) is 0 Å². The molecular formula is C12H13FN4O2. The van der Waals surface area contributed by atoms with Crippen molar-refractivity contribution in [3.63, 3.8) is 0 Å². The highest BCUT2D eigenvalue weighted by Crippen LogP contribution is 2.17. The van der Waals surface area contributed by atoms with Crippen LogP contribution >= 0.6 is 0 Å². The van der Waals surface area contributed by atoms with Crippen molar-refractivity contribution in [2.24, 2.45) is 0 Å². The number of halogens is 1. The summed E-state index contributed by atoms with van der Waals surface area (Å²) >= 11 is 0. The first kappa shape index (κ1) is 13.0. The van der Waals surface area contributed by atoms with Gasteiger partial charge in [-0.2, -0.15) is 0 Å². The van der Waals surface area contributed by atoms with Crippen LogP contribution < -0.4 is 5.32 Å². The molecule has 0 aliphatic rings. The molecule has 1 heterocycles. The molecule has 2 aromatic rings. The van der Waals surface area contributed by atoms with E-state index in [0.29, 0.717) is 19.5 Å². The normalized spacial score (nSPS) is 10.4. The highest BCUT2D eigenvalue weighted by atomic mass is 19.1. The number of carbonyl (C=O) groups is 1. The van der Waals surface area contributed by atoms with Crippen LogP contribution in [0.3, 0.4) is 0 Å². The number of carbonyl (C=O) groups excluding carboxylic acids is 1. The number of hydrogen-bond donors (Lipinski definition) is 2. The summed E-state index contributed by atoms with van der Waals surface area (Å²) in [4.78, 5) is 11.7. The number of aryl methyl sites for hydroxylation is 1. The third-order valence-electron chi connectivity index (χ3n) is 2.52. The molecule has 1 aromatic heterocycles. The highest BCUT2D eigenvalue weighted by Gasteiger charge is 2.11. The number of nitrogens with one attached hydrogen (secondary N) is 1. The van der Waals surface area contributed by atoms with E-state index in [4.69, 9.17) is 0 Å². The Morgan fingerprint density at radius 1 is 1.47 bits per heavy atom. The second kappa shape index (κ2) is 5.94. The van der Waals surface area contributed by atoms with Crippen LogP contribution in [0.2, 0.25) is 0 Å². The summed E-state index contributed by atoms with van der Waals surface area (Å²) in [5, 5.41) is 19.5. The molecule has 0 spiro atoms. The second-order valence-corrected chi connectivity index (χ2v) is 3.94. The fourth-order valence-electron chi connectivity index (χ4n) is 1.58. The van der Waals surface area contributed by atoms with Crippen LogP contribution in [-0.2, 0) is 6.54 Å². The minimum absolute atomic E-state index is 0.0687. The topological polar surface area (TPSA) is 80.0 Å². The lowest BCUT2D eigenvalue weighted by atomic mass is 10.2. The molecule has 0 radical (unpaired) electrons. The molecule has 1 amide bonds. The van der Waals surface area contributed by atoms with E-state index in [-0.39, 0.29) is 11.3 Å². The van der Waals surface area contributed by atoms with Crippen LogP contribution in [0, 0.1) is 5.82 Å². The molecule has 0 unspecified atom stereocenters. The van der Waals surface area contributed by atoms with Gasteiger partial charge in [-0.25, -0.2) is 4.39 Å². The fraction of sp³-hybridized carbons (Fsp3) is 0.250.